The van der Waals surface area contributed by atoms with E-state index in [0.29, 0.717) is 5.88 Å². The van der Waals surface area contributed by atoms with Crippen LogP contribution in [0, 0.1) is 0 Å². The molecule has 4 heteroatoms. The van der Waals surface area contributed by atoms with Gasteiger partial charge in [-0.15, -0.1) is 0 Å². The minimum Gasteiger partial charge on any atom is -0.438 e. The lowest BCUT2D eigenvalue weighted by atomic mass is 10.0. The Morgan fingerprint density at radius 3 is 2.46 bits per heavy atom. The highest BCUT2D eigenvalue weighted by atomic mass is 16.5. The third-order valence-corrected chi connectivity index (χ3v) is 5.57. The van der Waals surface area contributed by atoms with E-state index in [1.807, 2.05) is 53.4 Å². The van der Waals surface area contributed by atoms with E-state index in [1.165, 1.54) is 12.0 Å². The standard InChI is InChI=1S/C24H22N2O2/c27-24(26-14-4-1-5-15-26)18-10-8-17(9-11-18)21-13-12-20-16-19-6-2-3-7-22(19)28-23(20)25-21/h2-3,6-13H,1,4-5,14-16H2. The molecule has 1 fully saturated rings. The predicted octanol–water partition coefficient (Wildman–Crippen LogP) is 5.07. The maximum Gasteiger partial charge on any atom is 0.253 e. The monoisotopic (exact) mass is 370 g/mol. The Hall–Kier alpha value is -3.14. The Morgan fingerprint density at radius 2 is 1.64 bits per heavy atom. The minimum absolute atomic E-state index is 0.129. The van der Waals surface area contributed by atoms with Crippen molar-refractivity contribution in [1.82, 2.24) is 9.88 Å². The van der Waals surface area contributed by atoms with E-state index in [9.17, 15) is 4.79 Å². The summed E-state index contributed by atoms with van der Waals surface area (Å²) >= 11 is 0. The van der Waals surface area contributed by atoms with Crippen LogP contribution >= 0.6 is 0 Å². The van der Waals surface area contributed by atoms with Crippen LogP contribution in [0.4, 0.5) is 0 Å². The second kappa shape index (κ2) is 7.12. The quantitative estimate of drug-likeness (QED) is 0.495. The molecule has 28 heavy (non-hydrogen) atoms. The van der Waals surface area contributed by atoms with Crippen molar-refractivity contribution in [3.05, 3.63) is 77.4 Å². The summed E-state index contributed by atoms with van der Waals surface area (Å²) in [7, 11) is 0. The van der Waals surface area contributed by atoms with Gasteiger partial charge < -0.3 is 9.64 Å². The number of pyridine rings is 1. The Labute approximate surface area is 164 Å². The summed E-state index contributed by atoms with van der Waals surface area (Å²) in [5.74, 6) is 1.68. The van der Waals surface area contributed by atoms with Crippen LogP contribution in [-0.2, 0) is 6.42 Å². The molecule has 5 rings (SSSR count). The molecule has 2 aliphatic heterocycles. The summed E-state index contributed by atoms with van der Waals surface area (Å²) in [5.41, 5.74) is 4.87. The maximum atomic E-state index is 12.6. The normalized spacial score (nSPS) is 15.4. The minimum atomic E-state index is 0.129. The fourth-order valence-corrected chi connectivity index (χ4v) is 3.97. The number of piperidine rings is 1. The zero-order valence-corrected chi connectivity index (χ0v) is 15.7. The van der Waals surface area contributed by atoms with E-state index >= 15 is 0 Å². The molecule has 3 heterocycles. The molecule has 0 radical (unpaired) electrons. The number of likely N-dealkylation sites (tertiary alicyclic amines) is 1. The lowest BCUT2D eigenvalue weighted by Crippen LogP contribution is -2.35. The molecule has 0 N–H and O–H groups in total. The summed E-state index contributed by atoms with van der Waals surface area (Å²) < 4.78 is 6.01. The van der Waals surface area contributed by atoms with Crippen molar-refractivity contribution in [3.8, 4) is 22.9 Å². The van der Waals surface area contributed by atoms with Crippen LogP contribution in [0.15, 0.2) is 60.7 Å². The van der Waals surface area contributed by atoms with Crippen molar-refractivity contribution in [3.63, 3.8) is 0 Å². The largest absolute Gasteiger partial charge is 0.438 e. The first kappa shape index (κ1) is 17.0. The second-order valence-electron chi connectivity index (χ2n) is 7.48. The molecule has 4 nitrogen and oxygen atoms in total. The molecule has 0 unspecified atom stereocenters. The summed E-state index contributed by atoms with van der Waals surface area (Å²) in [4.78, 5) is 19.3. The average molecular weight is 370 g/mol. The number of carbonyl (C=O) groups is 1. The van der Waals surface area contributed by atoms with E-state index in [-0.39, 0.29) is 5.91 Å². The van der Waals surface area contributed by atoms with Crippen LogP contribution in [0.2, 0.25) is 0 Å². The molecule has 0 saturated carbocycles. The van der Waals surface area contributed by atoms with Crippen LogP contribution in [0.3, 0.4) is 0 Å². The number of nitrogens with zero attached hydrogens (tertiary/aromatic N) is 2. The van der Waals surface area contributed by atoms with Gasteiger partial charge in [0.1, 0.15) is 5.75 Å². The maximum absolute atomic E-state index is 12.6. The predicted molar refractivity (Wildman–Crippen MR) is 109 cm³/mol. The van der Waals surface area contributed by atoms with E-state index in [2.05, 4.69) is 12.1 Å². The van der Waals surface area contributed by atoms with E-state index in [1.54, 1.807) is 0 Å². The molecule has 1 amide bonds. The summed E-state index contributed by atoms with van der Waals surface area (Å²) in [6.45, 7) is 1.73. The number of para-hydroxylation sites is 1. The van der Waals surface area contributed by atoms with Crippen molar-refractivity contribution in [2.24, 2.45) is 0 Å². The van der Waals surface area contributed by atoms with Gasteiger partial charge in [0.15, 0.2) is 0 Å². The number of rotatable bonds is 2. The molecule has 0 bridgehead atoms. The summed E-state index contributed by atoms with van der Waals surface area (Å²) in [6, 6.07) is 19.9. The molecular weight excluding hydrogens is 348 g/mol. The van der Waals surface area contributed by atoms with Crippen LogP contribution < -0.4 is 4.74 Å². The van der Waals surface area contributed by atoms with E-state index < -0.39 is 0 Å². The van der Waals surface area contributed by atoms with Crippen molar-refractivity contribution >= 4 is 5.91 Å². The lowest BCUT2D eigenvalue weighted by molar-refractivity contribution is 0.0724. The zero-order valence-electron chi connectivity index (χ0n) is 15.7. The fourth-order valence-electron chi connectivity index (χ4n) is 3.97. The van der Waals surface area contributed by atoms with Crippen LogP contribution in [-0.4, -0.2) is 28.9 Å². The SMILES string of the molecule is O=C(c1ccc(-c2ccc3c(n2)Oc2ccccc2C3)cc1)N1CCCCC1. The molecule has 2 aliphatic rings. The van der Waals surface area contributed by atoms with Gasteiger partial charge in [-0.1, -0.05) is 36.4 Å². The van der Waals surface area contributed by atoms with Crippen molar-refractivity contribution in [1.29, 1.82) is 0 Å². The number of carbonyl (C=O) groups excluding carboxylic acids is 1. The Kier molecular flexibility index (Phi) is 4.32. The fraction of sp³-hybridized carbons (Fsp3) is 0.250. The zero-order chi connectivity index (χ0) is 18.9. The highest BCUT2D eigenvalue weighted by molar-refractivity contribution is 5.94. The number of amides is 1. The first-order valence-corrected chi connectivity index (χ1v) is 9.93. The molecular formula is C24H22N2O2. The molecule has 1 saturated heterocycles. The number of ether oxygens (including phenoxy) is 1. The number of fused-ring (bicyclic) bond motifs is 2. The van der Waals surface area contributed by atoms with Crippen LogP contribution in [0.1, 0.15) is 40.7 Å². The Morgan fingerprint density at radius 1 is 0.857 bits per heavy atom. The number of hydrogen-bond acceptors (Lipinski definition) is 3. The highest BCUT2D eigenvalue weighted by Crippen LogP contribution is 2.36. The van der Waals surface area contributed by atoms with Gasteiger partial charge in [-0.2, -0.15) is 0 Å². The average Bonchev–Trinajstić information content (AvgIpc) is 2.77. The highest BCUT2D eigenvalue weighted by Gasteiger charge is 2.20. The first-order valence-electron chi connectivity index (χ1n) is 9.93. The van der Waals surface area contributed by atoms with Crippen LogP contribution in [0.5, 0.6) is 11.6 Å². The summed E-state index contributed by atoms with van der Waals surface area (Å²) in [6.07, 6.45) is 4.26. The van der Waals surface area contributed by atoms with Gasteiger partial charge in [0.25, 0.3) is 5.91 Å². The summed E-state index contributed by atoms with van der Waals surface area (Å²) in [5, 5.41) is 0. The second-order valence-corrected chi connectivity index (χ2v) is 7.48. The van der Waals surface area contributed by atoms with Crippen molar-refractivity contribution in [2.45, 2.75) is 25.7 Å². The number of aromatic nitrogens is 1. The molecule has 140 valence electrons. The molecule has 0 aliphatic carbocycles. The van der Waals surface area contributed by atoms with E-state index in [4.69, 9.17) is 9.72 Å². The molecule has 2 aromatic carbocycles. The van der Waals surface area contributed by atoms with E-state index in [0.717, 1.165) is 60.5 Å². The van der Waals surface area contributed by atoms with Gasteiger partial charge >= 0.3 is 0 Å². The Bertz CT molecular complexity index is 1020. The van der Waals surface area contributed by atoms with Crippen molar-refractivity contribution < 1.29 is 9.53 Å². The lowest BCUT2D eigenvalue weighted by Gasteiger charge is -2.26. The molecule has 3 aromatic rings. The van der Waals surface area contributed by atoms with Gasteiger partial charge in [-0.05, 0) is 49.1 Å². The van der Waals surface area contributed by atoms with Gasteiger partial charge in [-0.25, -0.2) is 4.98 Å². The molecule has 0 atom stereocenters. The number of hydrogen-bond donors (Lipinski definition) is 0. The van der Waals surface area contributed by atoms with Gasteiger partial charge in [-0.3, -0.25) is 4.79 Å². The molecule has 1 aromatic heterocycles. The third-order valence-electron chi connectivity index (χ3n) is 5.57. The third kappa shape index (κ3) is 3.15. The van der Waals surface area contributed by atoms with Crippen molar-refractivity contribution in [2.75, 3.05) is 13.1 Å². The molecule has 0 spiro atoms. The van der Waals surface area contributed by atoms with Gasteiger partial charge in [0, 0.05) is 36.2 Å². The van der Waals surface area contributed by atoms with Gasteiger partial charge in [0.05, 0.1) is 5.69 Å². The number of benzene rings is 2. The topological polar surface area (TPSA) is 42.4 Å². The van der Waals surface area contributed by atoms with Crippen LogP contribution in [0.25, 0.3) is 11.3 Å². The first-order chi connectivity index (χ1) is 13.8. The Balaban J connectivity index is 1.38. The van der Waals surface area contributed by atoms with Gasteiger partial charge in [0.2, 0.25) is 5.88 Å². The smallest absolute Gasteiger partial charge is 0.253 e.